The van der Waals surface area contributed by atoms with Crippen LogP contribution in [0.3, 0.4) is 0 Å². The summed E-state index contributed by atoms with van der Waals surface area (Å²) in [6, 6.07) is 9.42. The zero-order valence-electron chi connectivity index (χ0n) is 19.1. The summed E-state index contributed by atoms with van der Waals surface area (Å²) < 4.78 is 55.2. The second kappa shape index (κ2) is 10.6. The fraction of sp³-hybridized carbons (Fsp3) is 0.250. The number of benzene rings is 2. The van der Waals surface area contributed by atoms with Crippen molar-refractivity contribution in [3.63, 3.8) is 0 Å². The predicted molar refractivity (Wildman–Crippen MR) is 135 cm³/mol. The minimum Gasteiger partial charge on any atom is -0.748 e. The number of carboxylic acids is 1. The van der Waals surface area contributed by atoms with Gasteiger partial charge in [0.25, 0.3) is 5.01 Å². The number of fused-ring (bicyclic) bond motifs is 2. The molecule has 4 rings (SSSR count). The summed E-state index contributed by atoms with van der Waals surface area (Å²) >= 11 is 7.54. The average molecular weight is 553 g/mol. The van der Waals surface area contributed by atoms with Gasteiger partial charge < -0.3 is 19.3 Å². The number of nitrogens with zero attached hydrogens (tertiary/aromatic N) is 2. The van der Waals surface area contributed by atoms with Gasteiger partial charge in [0.15, 0.2) is 5.75 Å². The molecule has 1 aromatic heterocycles. The molecule has 0 bridgehead atoms. The van der Waals surface area contributed by atoms with Gasteiger partial charge in [-0.1, -0.05) is 22.9 Å². The number of halogens is 2. The van der Waals surface area contributed by atoms with E-state index in [9.17, 15) is 27.3 Å². The van der Waals surface area contributed by atoms with Crippen LogP contribution in [-0.4, -0.2) is 36.3 Å². The summed E-state index contributed by atoms with van der Waals surface area (Å²) in [7, 11) is -4.32. The third-order valence-corrected chi connectivity index (χ3v) is 7.54. The van der Waals surface area contributed by atoms with Crippen LogP contribution in [0.5, 0.6) is 5.75 Å². The summed E-state index contributed by atoms with van der Waals surface area (Å²) in [5.41, 5.74) is 1.94. The molecule has 0 aliphatic carbocycles. The summed E-state index contributed by atoms with van der Waals surface area (Å²) in [5, 5.41) is 10.6. The van der Waals surface area contributed by atoms with Gasteiger partial charge in [-0.2, -0.15) is 4.57 Å². The number of aliphatic carboxylic acids is 1. The summed E-state index contributed by atoms with van der Waals surface area (Å²) in [5.74, 6) is -1.06. The maximum absolute atomic E-state index is 13.9. The van der Waals surface area contributed by atoms with Crippen molar-refractivity contribution >= 4 is 61.0 Å². The molecule has 0 unspecified atom stereocenters. The number of carbonyl (C=O) groups is 1. The van der Waals surface area contributed by atoms with E-state index < -0.39 is 27.7 Å². The number of carboxylic acid groups (broad SMARTS) is 1. The molecule has 0 fully saturated rings. The number of hydrogen-bond acceptors (Lipinski definition) is 7. The first-order valence-electron chi connectivity index (χ1n) is 10.9. The molecule has 0 spiro atoms. The number of aromatic nitrogens is 1. The molecule has 2 aromatic carbocycles. The van der Waals surface area contributed by atoms with Crippen LogP contribution in [0.4, 0.5) is 10.1 Å². The number of allylic oxidation sites excluding steroid dienone is 2. The van der Waals surface area contributed by atoms with Gasteiger partial charge >= 0.3 is 5.97 Å². The molecule has 0 saturated carbocycles. The third kappa shape index (κ3) is 6.22. The predicted octanol–water partition coefficient (Wildman–Crippen LogP) is 4.54. The minimum atomic E-state index is -4.32. The number of anilines is 1. The first-order valence-corrected chi connectivity index (χ1v) is 13.7. The number of unbranched alkanes of at least 4 members (excludes halogenated alkanes) is 1. The van der Waals surface area contributed by atoms with Crippen molar-refractivity contribution in [1.29, 1.82) is 0 Å². The highest BCUT2D eigenvalue weighted by Crippen LogP contribution is 2.40. The molecule has 1 aliphatic rings. The van der Waals surface area contributed by atoms with Crippen LogP contribution in [0.1, 0.15) is 24.8 Å². The van der Waals surface area contributed by atoms with Gasteiger partial charge in [0, 0.05) is 41.6 Å². The fourth-order valence-electron chi connectivity index (χ4n) is 3.87. The van der Waals surface area contributed by atoms with E-state index in [0.29, 0.717) is 45.8 Å². The number of thiazole rings is 1. The summed E-state index contributed by atoms with van der Waals surface area (Å²) in [6.45, 7) is 1.89. The molecule has 36 heavy (non-hydrogen) atoms. The normalized spacial score (nSPS) is 14.9. The number of hydrogen-bond donors (Lipinski definition) is 1. The maximum atomic E-state index is 13.9. The van der Waals surface area contributed by atoms with Gasteiger partial charge in [0.1, 0.15) is 10.5 Å². The SMILES string of the molecule is CC(=Cc1sc2ccc(Cl)cc2[n+]1CC(=O)O)C=C1Oc2ccc(F)cc2N1CCCCS(=O)(=O)[O-]. The lowest BCUT2D eigenvalue weighted by Gasteiger charge is -2.18. The van der Waals surface area contributed by atoms with E-state index in [4.69, 9.17) is 16.3 Å². The first-order chi connectivity index (χ1) is 17.0. The molecule has 1 aliphatic heterocycles. The van der Waals surface area contributed by atoms with E-state index >= 15 is 0 Å². The molecule has 190 valence electrons. The van der Waals surface area contributed by atoms with E-state index in [0.717, 1.165) is 10.3 Å². The Morgan fingerprint density at radius 2 is 2.06 bits per heavy atom. The van der Waals surface area contributed by atoms with Gasteiger partial charge in [-0.05, 0) is 49.6 Å². The van der Waals surface area contributed by atoms with Gasteiger partial charge in [-0.15, -0.1) is 0 Å². The van der Waals surface area contributed by atoms with Crippen molar-refractivity contribution in [3.05, 3.63) is 69.8 Å². The molecular weight excluding hydrogens is 531 g/mol. The van der Waals surface area contributed by atoms with Crippen LogP contribution in [0.25, 0.3) is 16.3 Å². The molecule has 1 N–H and O–H groups in total. The molecule has 0 radical (unpaired) electrons. The van der Waals surface area contributed by atoms with Crippen molar-refractivity contribution in [1.82, 2.24) is 0 Å². The first kappa shape index (κ1) is 26.1. The Bertz CT molecular complexity index is 1500. The van der Waals surface area contributed by atoms with Gasteiger partial charge in [-0.3, -0.25) is 0 Å². The molecule has 0 amide bonds. The van der Waals surface area contributed by atoms with E-state index in [1.54, 1.807) is 27.7 Å². The zero-order chi connectivity index (χ0) is 26.0. The van der Waals surface area contributed by atoms with Gasteiger partial charge in [-0.25, -0.2) is 17.6 Å². The largest absolute Gasteiger partial charge is 0.748 e. The van der Waals surface area contributed by atoms with Crippen molar-refractivity contribution in [2.75, 3.05) is 17.2 Å². The van der Waals surface area contributed by atoms with E-state index in [2.05, 4.69) is 0 Å². The summed E-state index contributed by atoms with van der Waals surface area (Å²) in [4.78, 5) is 13.2. The third-order valence-electron chi connectivity index (χ3n) is 5.41. The quantitative estimate of drug-likeness (QED) is 0.236. The monoisotopic (exact) mass is 552 g/mol. The van der Waals surface area contributed by atoms with Crippen LogP contribution < -0.4 is 14.2 Å². The summed E-state index contributed by atoms with van der Waals surface area (Å²) in [6.07, 6.45) is 4.10. The number of rotatable bonds is 9. The molecular formula is C24H22ClFN2O6S2. The zero-order valence-corrected chi connectivity index (χ0v) is 21.5. The van der Waals surface area contributed by atoms with Crippen LogP contribution >= 0.6 is 22.9 Å². The van der Waals surface area contributed by atoms with Gasteiger partial charge in [0.2, 0.25) is 17.9 Å². The van der Waals surface area contributed by atoms with Crippen LogP contribution in [0, 0.1) is 5.82 Å². The standard InChI is InChI=1S/C24H22ClFN2O6S2/c1-15(11-23-28(14-24(29)30)19-12-16(25)4-7-21(19)35-23)10-22-27(8-2-3-9-36(31,32)33)18-13-17(26)5-6-20(18)34-22/h4-7,10-13H,2-3,8-9,14H2,1H3,(H-,29,30,31,32,33). The molecule has 0 atom stereocenters. The Kier molecular flexibility index (Phi) is 7.65. The topological polar surface area (TPSA) is 111 Å². The lowest BCUT2D eigenvalue weighted by atomic mass is 10.2. The second-order valence-corrected chi connectivity index (χ2v) is 11.3. The van der Waals surface area contributed by atoms with Gasteiger partial charge in [0.05, 0.1) is 15.8 Å². The highest BCUT2D eigenvalue weighted by atomic mass is 35.5. The fourth-order valence-corrected chi connectivity index (χ4v) is 5.75. The van der Waals surface area contributed by atoms with Crippen LogP contribution in [-0.2, 0) is 21.5 Å². The Labute approximate surface area is 216 Å². The minimum absolute atomic E-state index is 0.161. The van der Waals surface area contributed by atoms with E-state index in [1.165, 1.54) is 29.5 Å². The Morgan fingerprint density at radius 1 is 1.28 bits per heavy atom. The van der Waals surface area contributed by atoms with Crippen LogP contribution in [0.15, 0.2) is 53.9 Å². The van der Waals surface area contributed by atoms with Crippen LogP contribution in [0.2, 0.25) is 5.02 Å². The Balaban J connectivity index is 1.66. The molecule has 12 heteroatoms. The average Bonchev–Trinajstić information content (AvgIpc) is 3.27. The smallest absolute Gasteiger partial charge is 0.370 e. The van der Waals surface area contributed by atoms with Crippen molar-refractivity contribution in [2.45, 2.75) is 26.3 Å². The highest BCUT2D eigenvalue weighted by molar-refractivity contribution is 7.85. The molecule has 3 aromatic rings. The lowest BCUT2D eigenvalue weighted by molar-refractivity contribution is -0.657. The van der Waals surface area contributed by atoms with Crippen molar-refractivity contribution < 1.29 is 36.6 Å². The highest BCUT2D eigenvalue weighted by Gasteiger charge is 2.27. The molecule has 8 nitrogen and oxygen atoms in total. The Morgan fingerprint density at radius 3 is 2.78 bits per heavy atom. The van der Waals surface area contributed by atoms with Crippen molar-refractivity contribution in [3.8, 4) is 5.75 Å². The van der Waals surface area contributed by atoms with E-state index in [1.807, 2.05) is 19.1 Å². The van der Waals surface area contributed by atoms with E-state index in [-0.39, 0.29) is 13.0 Å². The maximum Gasteiger partial charge on any atom is 0.370 e. The van der Waals surface area contributed by atoms with Crippen molar-refractivity contribution in [2.24, 2.45) is 0 Å². The molecule has 2 heterocycles. The number of ether oxygens (including phenoxy) is 1. The molecule has 0 saturated heterocycles. The Hall–Kier alpha value is -2.99. The lowest BCUT2D eigenvalue weighted by Crippen LogP contribution is -2.39. The second-order valence-electron chi connectivity index (χ2n) is 8.24.